The minimum absolute atomic E-state index is 0.126. The van der Waals surface area contributed by atoms with Crippen molar-refractivity contribution in [2.45, 2.75) is 6.04 Å². The fourth-order valence-corrected chi connectivity index (χ4v) is 4.06. The minimum Gasteiger partial charge on any atom is -0.508 e. The predicted octanol–water partition coefficient (Wildman–Crippen LogP) is 5.15. The minimum atomic E-state index is -0.237. The van der Waals surface area contributed by atoms with Crippen LogP contribution in [0, 0.1) is 0 Å². The van der Waals surface area contributed by atoms with Crippen LogP contribution < -0.4 is 5.32 Å². The summed E-state index contributed by atoms with van der Waals surface area (Å²) in [6.07, 6.45) is 1.89. The van der Waals surface area contributed by atoms with Crippen LogP contribution in [0.3, 0.4) is 0 Å². The summed E-state index contributed by atoms with van der Waals surface area (Å²) in [6, 6.07) is 12.7. The molecule has 0 amide bonds. The molecule has 0 saturated heterocycles. The van der Waals surface area contributed by atoms with Crippen LogP contribution >= 0.6 is 23.2 Å². The fraction of sp³-hybridized carbons (Fsp3) is 0.0526. The molecule has 1 atom stereocenters. The van der Waals surface area contributed by atoms with Crippen LogP contribution in [0.4, 0.5) is 5.69 Å². The van der Waals surface area contributed by atoms with Gasteiger partial charge in [0.05, 0.1) is 6.04 Å². The maximum Gasteiger partial charge on any atom is 0.161 e. The number of hydrogen-bond acceptors (Lipinski definition) is 4. The molecule has 26 heavy (non-hydrogen) atoms. The van der Waals surface area contributed by atoms with Gasteiger partial charge in [0.1, 0.15) is 5.75 Å². The third kappa shape index (κ3) is 2.18. The molecule has 1 aliphatic heterocycles. The molecular formula is C19H12Cl2N4O. The zero-order valence-electron chi connectivity index (χ0n) is 13.3. The zero-order valence-corrected chi connectivity index (χ0v) is 14.8. The van der Waals surface area contributed by atoms with Crippen molar-refractivity contribution in [3.63, 3.8) is 0 Å². The number of halogens is 2. The lowest BCUT2D eigenvalue weighted by Crippen LogP contribution is -2.11. The van der Waals surface area contributed by atoms with Gasteiger partial charge in [0.25, 0.3) is 0 Å². The Kier molecular flexibility index (Phi) is 3.35. The third-order valence-corrected chi connectivity index (χ3v) is 5.28. The fourth-order valence-electron chi connectivity index (χ4n) is 3.54. The molecule has 3 heterocycles. The van der Waals surface area contributed by atoms with Crippen molar-refractivity contribution in [3.05, 3.63) is 70.0 Å². The van der Waals surface area contributed by atoms with E-state index in [9.17, 15) is 5.11 Å². The Morgan fingerprint density at radius 3 is 2.69 bits per heavy atom. The van der Waals surface area contributed by atoms with Crippen LogP contribution in [0.1, 0.15) is 17.2 Å². The van der Waals surface area contributed by atoms with Gasteiger partial charge in [0.15, 0.2) is 10.8 Å². The van der Waals surface area contributed by atoms with Crippen LogP contribution in [0.15, 0.2) is 48.7 Å². The van der Waals surface area contributed by atoms with Crippen LogP contribution in [0.25, 0.3) is 22.2 Å². The van der Waals surface area contributed by atoms with Gasteiger partial charge < -0.3 is 15.4 Å². The monoisotopic (exact) mass is 382 g/mol. The van der Waals surface area contributed by atoms with Crippen LogP contribution in [-0.4, -0.2) is 20.3 Å². The number of hydrogen-bond donors (Lipinski definition) is 3. The number of aromatic nitrogens is 3. The number of phenols is 1. The zero-order chi connectivity index (χ0) is 17.8. The van der Waals surface area contributed by atoms with Crippen LogP contribution in [0.2, 0.25) is 10.2 Å². The highest BCUT2D eigenvalue weighted by molar-refractivity contribution is 6.34. The van der Waals surface area contributed by atoms with Gasteiger partial charge in [-0.3, -0.25) is 0 Å². The van der Waals surface area contributed by atoms with E-state index in [0.29, 0.717) is 15.8 Å². The number of aromatic hydroxyl groups is 1. The number of para-hydroxylation sites is 1. The largest absolute Gasteiger partial charge is 0.508 e. The molecule has 5 nitrogen and oxygen atoms in total. The van der Waals surface area contributed by atoms with E-state index < -0.39 is 0 Å². The van der Waals surface area contributed by atoms with Crippen LogP contribution in [-0.2, 0) is 0 Å². The lowest BCUT2D eigenvalue weighted by molar-refractivity contribution is 0.475. The molecular weight excluding hydrogens is 371 g/mol. The summed E-state index contributed by atoms with van der Waals surface area (Å²) in [6.45, 7) is 0. The van der Waals surface area contributed by atoms with Crippen LogP contribution in [0.5, 0.6) is 5.75 Å². The molecule has 1 aliphatic rings. The second-order valence-corrected chi connectivity index (χ2v) is 6.93. The topological polar surface area (TPSA) is 73.8 Å². The first kappa shape index (κ1) is 15.5. The summed E-state index contributed by atoms with van der Waals surface area (Å²) in [5.74, 6) is 0.126. The molecule has 2 aromatic heterocycles. The summed E-state index contributed by atoms with van der Waals surface area (Å²) in [4.78, 5) is 3.17. The lowest BCUT2D eigenvalue weighted by Gasteiger charge is -2.20. The molecule has 7 heteroatoms. The molecule has 1 unspecified atom stereocenters. The SMILES string of the molecule is Oc1ccc(C2Nc3ccccc3-c3c(Cl)nnc4[nH]cc2c34)c(Cl)c1. The Balaban J connectivity index is 1.87. The van der Waals surface area contributed by atoms with Crippen molar-refractivity contribution >= 4 is 39.9 Å². The second kappa shape index (κ2) is 5.62. The molecule has 4 aromatic rings. The van der Waals surface area contributed by atoms with Crippen molar-refractivity contribution in [1.29, 1.82) is 0 Å². The molecule has 0 spiro atoms. The number of nitrogens with zero attached hydrogens (tertiary/aromatic N) is 2. The number of benzene rings is 2. The molecule has 0 radical (unpaired) electrons. The number of phenolic OH excluding ortho intramolecular Hbond substituents is 1. The summed E-state index contributed by atoms with van der Waals surface area (Å²) in [7, 11) is 0. The van der Waals surface area contributed by atoms with E-state index in [0.717, 1.165) is 33.3 Å². The summed E-state index contributed by atoms with van der Waals surface area (Å²) >= 11 is 12.9. The second-order valence-electron chi connectivity index (χ2n) is 6.16. The Hall–Kier alpha value is -2.76. The average Bonchev–Trinajstić information content (AvgIpc) is 2.98. The molecule has 0 aliphatic carbocycles. The highest BCUT2D eigenvalue weighted by Gasteiger charge is 2.29. The number of fused-ring (bicyclic) bond motifs is 2. The first-order valence-electron chi connectivity index (χ1n) is 8.01. The summed E-state index contributed by atoms with van der Waals surface area (Å²) in [5, 5.41) is 23.3. The maximum absolute atomic E-state index is 9.71. The van der Waals surface area contributed by atoms with Crippen molar-refractivity contribution in [2.75, 3.05) is 5.32 Å². The maximum atomic E-state index is 9.71. The van der Waals surface area contributed by atoms with Gasteiger partial charge in [-0.1, -0.05) is 47.5 Å². The number of H-pyrrole nitrogens is 1. The molecule has 3 N–H and O–H groups in total. The molecule has 128 valence electrons. The highest BCUT2D eigenvalue weighted by Crippen LogP contribution is 2.46. The number of anilines is 1. The Bertz CT molecular complexity index is 1170. The van der Waals surface area contributed by atoms with E-state index in [2.05, 4.69) is 20.5 Å². The van der Waals surface area contributed by atoms with E-state index in [1.165, 1.54) is 6.07 Å². The Morgan fingerprint density at radius 1 is 1.00 bits per heavy atom. The summed E-state index contributed by atoms with van der Waals surface area (Å²) < 4.78 is 0. The first-order valence-corrected chi connectivity index (χ1v) is 8.76. The Labute approximate surface area is 158 Å². The third-order valence-electron chi connectivity index (χ3n) is 4.69. The molecule has 0 fully saturated rings. The first-order chi connectivity index (χ1) is 12.6. The van der Waals surface area contributed by atoms with Gasteiger partial charge in [-0.2, -0.15) is 0 Å². The molecule has 2 aromatic carbocycles. The van der Waals surface area contributed by atoms with Gasteiger partial charge >= 0.3 is 0 Å². The smallest absolute Gasteiger partial charge is 0.161 e. The van der Waals surface area contributed by atoms with Crippen molar-refractivity contribution in [2.24, 2.45) is 0 Å². The van der Waals surface area contributed by atoms with Crippen molar-refractivity contribution in [1.82, 2.24) is 15.2 Å². The quantitative estimate of drug-likeness (QED) is 0.425. The Morgan fingerprint density at radius 2 is 1.85 bits per heavy atom. The molecule has 5 rings (SSSR count). The summed E-state index contributed by atoms with van der Waals surface area (Å²) in [5.41, 5.74) is 5.20. The van der Waals surface area contributed by atoms with Gasteiger partial charge in [0.2, 0.25) is 0 Å². The lowest BCUT2D eigenvalue weighted by atomic mass is 9.97. The predicted molar refractivity (Wildman–Crippen MR) is 103 cm³/mol. The molecule has 0 saturated carbocycles. The van der Waals surface area contributed by atoms with Gasteiger partial charge in [-0.05, 0) is 23.8 Å². The van der Waals surface area contributed by atoms with Gasteiger partial charge in [0, 0.05) is 39.0 Å². The standard InChI is InChI=1S/C19H12Cl2N4O/c20-13-7-9(26)5-6-10(13)17-12-8-22-19-16(12)15(18(21)24-25-19)11-3-1-2-4-14(11)23-17/h1-8,17,23,26H,(H,22,25). The highest BCUT2D eigenvalue weighted by atomic mass is 35.5. The van der Waals surface area contributed by atoms with Gasteiger partial charge in [-0.25, -0.2) is 0 Å². The van der Waals surface area contributed by atoms with Crippen molar-refractivity contribution < 1.29 is 5.11 Å². The number of nitrogens with one attached hydrogen (secondary N) is 2. The number of aromatic amines is 1. The van der Waals surface area contributed by atoms with Gasteiger partial charge in [-0.15, -0.1) is 10.2 Å². The van der Waals surface area contributed by atoms with E-state index in [-0.39, 0.29) is 11.8 Å². The normalized spacial score (nSPS) is 15.4. The van der Waals surface area contributed by atoms with Crippen molar-refractivity contribution in [3.8, 4) is 16.9 Å². The molecule has 0 bridgehead atoms. The van der Waals surface area contributed by atoms with E-state index in [4.69, 9.17) is 23.2 Å². The van der Waals surface area contributed by atoms with E-state index >= 15 is 0 Å². The number of rotatable bonds is 1. The van der Waals surface area contributed by atoms with E-state index in [1.807, 2.05) is 36.5 Å². The average molecular weight is 383 g/mol. The van der Waals surface area contributed by atoms with E-state index in [1.54, 1.807) is 6.07 Å².